The molecule has 1 aromatic carbocycles. The number of rotatable bonds is 6. The second-order valence-electron chi connectivity index (χ2n) is 6.14. The fraction of sp³-hybridized carbons (Fsp3) is 0.474. The molecule has 130 valence electrons. The van der Waals surface area contributed by atoms with Gasteiger partial charge in [0.05, 0.1) is 12.8 Å². The van der Waals surface area contributed by atoms with Crippen LogP contribution in [0, 0.1) is 6.92 Å². The third kappa shape index (κ3) is 5.68. The van der Waals surface area contributed by atoms with Crippen molar-refractivity contribution >= 4 is 23.5 Å². The van der Waals surface area contributed by atoms with E-state index in [1.54, 1.807) is 18.2 Å². The molecule has 0 spiro atoms. The van der Waals surface area contributed by atoms with Gasteiger partial charge in [-0.3, -0.25) is 9.59 Å². The molecule has 0 unspecified atom stereocenters. The quantitative estimate of drug-likeness (QED) is 0.421. The number of aryl methyl sites for hydroxylation is 1. The van der Waals surface area contributed by atoms with Gasteiger partial charge >= 0.3 is 11.9 Å². The van der Waals surface area contributed by atoms with Gasteiger partial charge in [-0.2, -0.15) is 0 Å². The summed E-state index contributed by atoms with van der Waals surface area (Å²) >= 11 is 5.92. The number of carbonyl (C=O) groups is 2. The number of allylic oxidation sites excluding steroid dienone is 1. The van der Waals surface area contributed by atoms with Gasteiger partial charge in [-0.25, -0.2) is 0 Å². The van der Waals surface area contributed by atoms with Crippen molar-refractivity contribution in [1.29, 1.82) is 0 Å². The first-order valence-electron chi connectivity index (χ1n) is 8.25. The molecule has 0 saturated carbocycles. The predicted molar refractivity (Wildman–Crippen MR) is 93.2 cm³/mol. The summed E-state index contributed by atoms with van der Waals surface area (Å²) in [6.07, 6.45) is 4.46. The van der Waals surface area contributed by atoms with Crippen LogP contribution in [0.25, 0.3) is 0 Å². The van der Waals surface area contributed by atoms with E-state index in [0.29, 0.717) is 17.4 Å². The summed E-state index contributed by atoms with van der Waals surface area (Å²) in [7, 11) is 0. The molecule has 0 saturated heterocycles. The Morgan fingerprint density at radius 1 is 1.08 bits per heavy atom. The first-order valence-corrected chi connectivity index (χ1v) is 8.63. The number of benzene rings is 1. The van der Waals surface area contributed by atoms with Gasteiger partial charge in [-0.05, 0) is 68.9 Å². The Balaban J connectivity index is 1.73. The Kier molecular flexibility index (Phi) is 6.85. The molecule has 4 nitrogen and oxygen atoms in total. The van der Waals surface area contributed by atoms with Gasteiger partial charge < -0.3 is 9.47 Å². The Hall–Kier alpha value is -1.81. The van der Waals surface area contributed by atoms with Crippen LogP contribution in [-0.2, 0) is 14.3 Å². The maximum atomic E-state index is 11.8. The molecular weight excluding hydrogens is 328 g/mol. The van der Waals surface area contributed by atoms with Crippen LogP contribution in [0.15, 0.2) is 29.3 Å². The van der Waals surface area contributed by atoms with E-state index in [9.17, 15) is 9.59 Å². The fourth-order valence-corrected chi connectivity index (χ4v) is 2.74. The largest absolute Gasteiger partial charge is 0.461 e. The molecule has 0 atom stereocenters. The lowest BCUT2D eigenvalue weighted by atomic mass is 9.93. The van der Waals surface area contributed by atoms with Crippen LogP contribution in [-0.4, -0.2) is 18.5 Å². The van der Waals surface area contributed by atoms with Crippen molar-refractivity contribution in [1.82, 2.24) is 0 Å². The van der Waals surface area contributed by atoms with Crippen molar-refractivity contribution in [2.24, 2.45) is 0 Å². The zero-order valence-electron chi connectivity index (χ0n) is 14.2. The summed E-state index contributed by atoms with van der Waals surface area (Å²) in [4.78, 5) is 23.6. The number of hydrogen-bond donors (Lipinski definition) is 0. The molecule has 0 aromatic heterocycles. The smallest absolute Gasteiger partial charge is 0.311 e. The summed E-state index contributed by atoms with van der Waals surface area (Å²) in [5, 5.41) is 0.616. The van der Waals surface area contributed by atoms with E-state index in [1.165, 1.54) is 17.6 Å². The molecule has 0 N–H and O–H groups in total. The van der Waals surface area contributed by atoms with E-state index in [2.05, 4.69) is 6.92 Å². The first-order chi connectivity index (χ1) is 11.5. The summed E-state index contributed by atoms with van der Waals surface area (Å²) in [5.74, 6) is -0.398. The van der Waals surface area contributed by atoms with Gasteiger partial charge in [0.1, 0.15) is 12.4 Å². The molecule has 2 rings (SSSR count). The van der Waals surface area contributed by atoms with Crippen LogP contribution in [0.5, 0.6) is 5.75 Å². The van der Waals surface area contributed by atoms with Crippen LogP contribution < -0.4 is 4.74 Å². The Morgan fingerprint density at radius 2 is 1.79 bits per heavy atom. The highest BCUT2D eigenvalue weighted by Gasteiger charge is 2.14. The minimum atomic E-state index is -0.457. The summed E-state index contributed by atoms with van der Waals surface area (Å²) in [5.41, 5.74) is 3.37. The van der Waals surface area contributed by atoms with Crippen molar-refractivity contribution in [3.63, 3.8) is 0 Å². The molecule has 0 amide bonds. The average molecular weight is 351 g/mol. The first kappa shape index (κ1) is 18.5. The van der Waals surface area contributed by atoms with E-state index in [0.717, 1.165) is 24.8 Å². The highest BCUT2D eigenvalue weighted by atomic mass is 35.5. The lowest BCUT2D eigenvalue weighted by Crippen LogP contribution is -2.14. The van der Waals surface area contributed by atoms with Crippen LogP contribution in [0.3, 0.4) is 0 Å². The SMILES string of the molecule is CC1=C(COC(=O)CCC(=O)Oc2ccc(Cl)c(C)c2)CCCC1. The topological polar surface area (TPSA) is 52.6 Å². The lowest BCUT2D eigenvalue weighted by molar-refractivity contribution is -0.146. The van der Waals surface area contributed by atoms with Crippen molar-refractivity contribution in [2.45, 2.75) is 52.4 Å². The van der Waals surface area contributed by atoms with Crippen LogP contribution >= 0.6 is 11.6 Å². The summed E-state index contributed by atoms with van der Waals surface area (Å²) in [6.45, 7) is 4.27. The van der Waals surface area contributed by atoms with Crippen molar-refractivity contribution in [3.05, 3.63) is 39.9 Å². The minimum absolute atomic E-state index is 0.00145. The van der Waals surface area contributed by atoms with Crippen LogP contribution in [0.4, 0.5) is 0 Å². The van der Waals surface area contributed by atoms with E-state index in [1.807, 2.05) is 6.92 Å². The molecule has 0 radical (unpaired) electrons. The molecule has 24 heavy (non-hydrogen) atoms. The van der Waals surface area contributed by atoms with Gasteiger partial charge in [-0.15, -0.1) is 0 Å². The van der Waals surface area contributed by atoms with E-state index < -0.39 is 5.97 Å². The Bertz CT molecular complexity index is 649. The van der Waals surface area contributed by atoms with E-state index in [4.69, 9.17) is 21.1 Å². The predicted octanol–water partition coefficient (Wildman–Crippen LogP) is 4.77. The third-order valence-corrected chi connectivity index (χ3v) is 4.61. The lowest BCUT2D eigenvalue weighted by Gasteiger charge is -2.17. The van der Waals surface area contributed by atoms with E-state index in [-0.39, 0.29) is 18.8 Å². The van der Waals surface area contributed by atoms with Gasteiger partial charge in [0.2, 0.25) is 0 Å². The molecular formula is C19H23ClO4. The molecule has 5 heteroatoms. The number of ether oxygens (including phenoxy) is 2. The number of esters is 2. The Morgan fingerprint density at radius 3 is 2.50 bits per heavy atom. The number of hydrogen-bond acceptors (Lipinski definition) is 4. The summed E-state index contributed by atoms with van der Waals surface area (Å²) < 4.78 is 10.5. The maximum absolute atomic E-state index is 11.8. The maximum Gasteiger partial charge on any atom is 0.311 e. The number of carbonyl (C=O) groups excluding carboxylic acids is 2. The average Bonchev–Trinajstić information content (AvgIpc) is 2.55. The van der Waals surface area contributed by atoms with Gasteiger partial charge in [0.15, 0.2) is 0 Å². The van der Waals surface area contributed by atoms with Gasteiger partial charge in [-0.1, -0.05) is 17.2 Å². The standard InChI is InChI=1S/C19H23ClO4/c1-13-5-3-4-6-15(13)12-23-18(21)9-10-19(22)24-16-7-8-17(20)14(2)11-16/h7-8,11H,3-6,9-10,12H2,1-2H3. The van der Waals surface area contributed by atoms with Crippen molar-refractivity contribution in [3.8, 4) is 5.75 Å². The van der Waals surface area contributed by atoms with Crippen molar-refractivity contribution < 1.29 is 19.1 Å². The molecule has 0 fully saturated rings. The van der Waals surface area contributed by atoms with Crippen molar-refractivity contribution in [2.75, 3.05) is 6.61 Å². The fourth-order valence-electron chi connectivity index (χ4n) is 2.62. The summed E-state index contributed by atoms with van der Waals surface area (Å²) in [6, 6.07) is 4.99. The zero-order valence-corrected chi connectivity index (χ0v) is 14.9. The molecule has 1 aliphatic rings. The normalized spacial score (nSPS) is 14.5. The van der Waals surface area contributed by atoms with Crippen LogP contribution in [0.1, 0.15) is 51.0 Å². The number of halogens is 1. The zero-order chi connectivity index (χ0) is 17.5. The second kappa shape index (κ2) is 8.88. The monoisotopic (exact) mass is 350 g/mol. The second-order valence-corrected chi connectivity index (χ2v) is 6.54. The highest BCUT2D eigenvalue weighted by molar-refractivity contribution is 6.31. The van der Waals surface area contributed by atoms with Gasteiger partial charge in [0, 0.05) is 5.02 Å². The van der Waals surface area contributed by atoms with E-state index >= 15 is 0 Å². The Labute approximate surface area is 147 Å². The molecule has 0 heterocycles. The third-order valence-electron chi connectivity index (χ3n) is 4.19. The highest BCUT2D eigenvalue weighted by Crippen LogP contribution is 2.24. The van der Waals surface area contributed by atoms with Crippen LogP contribution in [0.2, 0.25) is 5.02 Å². The minimum Gasteiger partial charge on any atom is -0.461 e. The van der Waals surface area contributed by atoms with Gasteiger partial charge in [0.25, 0.3) is 0 Å². The molecule has 1 aliphatic carbocycles. The molecule has 1 aromatic rings. The molecule has 0 bridgehead atoms. The molecule has 0 aliphatic heterocycles.